The van der Waals surface area contributed by atoms with Gasteiger partial charge in [0.25, 0.3) is 0 Å². The van der Waals surface area contributed by atoms with E-state index in [0.29, 0.717) is 6.61 Å². The van der Waals surface area contributed by atoms with Crippen LogP contribution in [0.2, 0.25) is 0 Å². The molecule has 14 heavy (non-hydrogen) atoms. The summed E-state index contributed by atoms with van der Waals surface area (Å²) in [6, 6.07) is 3.67. The Morgan fingerprint density at radius 2 is 2.50 bits per heavy atom. The molecule has 0 amide bonds. The minimum Gasteiger partial charge on any atom is -0.409 e. The monoisotopic (exact) mass is 197 g/mol. The highest BCUT2D eigenvalue weighted by Gasteiger charge is 2.04. The molecule has 1 heterocycles. The summed E-state index contributed by atoms with van der Waals surface area (Å²) in [4.78, 5) is 0. The Balaban J connectivity index is 2.63. The number of hydrogen-bond donors (Lipinski definition) is 2. The SMILES string of the molecule is COCCCn1cccc1/C(N)=N/O. The van der Waals surface area contributed by atoms with Crippen LogP contribution < -0.4 is 5.73 Å². The topological polar surface area (TPSA) is 72.8 Å². The van der Waals surface area contributed by atoms with Gasteiger partial charge in [0, 0.05) is 26.5 Å². The lowest BCUT2D eigenvalue weighted by atomic mass is 10.4. The fraction of sp³-hybridized carbons (Fsp3) is 0.444. The molecular weight excluding hydrogens is 182 g/mol. The van der Waals surface area contributed by atoms with Crippen LogP contribution in [0.5, 0.6) is 0 Å². The lowest BCUT2D eigenvalue weighted by molar-refractivity contribution is 0.190. The number of aryl methyl sites for hydroxylation is 1. The molecule has 0 aliphatic heterocycles. The molecule has 78 valence electrons. The van der Waals surface area contributed by atoms with Crippen molar-refractivity contribution in [1.82, 2.24) is 4.57 Å². The largest absolute Gasteiger partial charge is 0.409 e. The Bertz CT molecular complexity index is 307. The third-order valence-electron chi connectivity index (χ3n) is 1.95. The average Bonchev–Trinajstić information content (AvgIpc) is 2.65. The second kappa shape index (κ2) is 5.29. The van der Waals surface area contributed by atoms with E-state index in [2.05, 4.69) is 5.16 Å². The van der Waals surface area contributed by atoms with Gasteiger partial charge in [0.05, 0.1) is 5.69 Å². The highest BCUT2D eigenvalue weighted by atomic mass is 16.5. The summed E-state index contributed by atoms with van der Waals surface area (Å²) in [6.07, 6.45) is 2.79. The van der Waals surface area contributed by atoms with Gasteiger partial charge in [-0.15, -0.1) is 0 Å². The number of aromatic nitrogens is 1. The molecule has 1 rings (SSSR count). The zero-order valence-electron chi connectivity index (χ0n) is 8.18. The van der Waals surface area contributed by atoms with Crippen molar-refractivity contribution in [1.29, 1.82) is 0 Å². The third-order valence-corrected chi connectivity index (χ3v) is 1.95. The second-order valence-corrected chi connectivity index (χ2v) is 2.92. The van der Waals surface area contributed by atoms with Gasteiger partial charge in [0.2, 0.25) is 0 Å². The van der Waals surface area contributed by atoms with Gasteiger partial charge in [-0.25, -0.2) is 0 Å². The number of nitrogens with zero attached hydrogens (tertiary/aromatic N) is 2. The summed E-state index contributed by atoms with van der Waals surface area (Å²) in [5.74, 6) is 0.132. The van der Waals surface area contributed by atoms with E-state index in [1.807, 2.05) is 22.9 Å². The molecule has 0 saturated carbocycles. The number of hydrogen-bond acceptors (Lipinski definition) is 3. The van der Waals surface area contributed by atoms with Crippen molar-refractivity contribution in [2.24, 2.45) is 10.9 Å². The van der Waals surface area contributed by atoms with Crippen molar-refractivity contribution in [3.63, 3.8) is 0 Å². The summed E-state index contributed by atoms with van der Waals surface area (Å²) >= 11 is 0. The fourth-order valence-electron chi connectivity index (χ4n) is 1.27. The van der Waals surface area contributed by atoms with Crippen LogP contribution in [0.15, 0.2) is 23.5 Å². The van der Waals surface area contributed by atoms with Gasteiger partial charge in [-0.2, -0.15) is 0 Å². The maximum Gasteiger partial charge on any atom is 0.186 e. The molecular formula is C9H15N3O2. The van der Waals surface area contributed by atoms with E-state index in [-0.39, 0.29) is 5.84 Å². The molecule has 0 aromatic carbocycles. The van der Waals surface area contributed by atoms with Gasteiger partial charge in [-0.1, -0.05) is 5.16 Å². The van der Waals surface area contributed by atoms with E-state index in [4.69, 9.17) is 15.7 Å². The maximum atomic E-state index is 8.53. The highest BCUT2D eigenvalue weighted by molar-refractivity contribution is 5.95. The predicted octanol–water partition coefficient (Wildman–Crippen LogP) is 0.619. The zero-order chi connectivity index (χ0) is 10.4. The Kier molecular flexibility index (Phi) is 4.00. The van der Waals surface area contributed by atoms with Gasteiger partial charge >= 0.3 is 0 Å². The van der Waals surface area contributed by atoms with E-state index in [9.17, 15) is 0 Å². The number of nitrogens with two attached hydrogens (primary N) is 1. The van der Waals surface area contributed by atoms with Gasteiger partial charge in [0.1, 0.15) is 0 Å². The van der Waals surface area contributed by atoms with E-state index in [1.165, 1.54) is 0 Å². The number of methoxy groups -OCH3 is 1. The second-order valence-electron chi connectivity index (χ2n) is 2.92. The lowest BCUT2D eigenvalue weighted by Crippen LogP contribution is -2.18. The minimum atomic E-state index is 0.132. The first-order chi connectivity index (χ1) is 6.79. The summed E-state index contributed by atoms with van der Waals surface area (Å²) in [7, 11) is 1.67. The Hall–Kier alpha value is -1.49. The summed E-state index contributed by atoms with van der Waals surface area (Å²) < 4.78 is 6.87. The van der Waals surface area contributed by atoms with Gasteiger partial charge in [-0.3, -0.25) is 0 Å². The van der Waals surface area contributed by atoms with E-state index in [1.54, 1.807) is 7.11 Å². The van der Waals surface area contributed by atoms with Crippen molar-refractivity contribution in [3.05, 3.63) is 24.0 Å². The van der Waals surface area contributed by atoms with Crippen molar-refractivity contribution in [3.8, 4) is 0 Å². The Morgan fingerprint density at radius 1 is 1.71 bits per heavy atom. The molecule has 0 aliphatic carbocycles. The molecule has 5 heteroatoms. The summed E-state index contributed by atoms with van der Waals surface area (Å²) in [5.41, 5.74) is 6.22. The van der Waals surface area contributed by atoms with Crippen molar-refractivity contribution in [2.75, 3.05) is 13.7 Å². The van der Waals surface area contributed by atoms with Crippen LogP contribution in [0.25, 0.3) is 0 Å². The average molecular weight is 197 g/mol. The summed E-state index contributed by atoms with van der Waals surface area (Å²) in [5, 5.41) is 11.5. The number of rotatable bonds is 5. The van der Waals surface area contributed by atoms with Crippen molar-refractivity contribution < 1.29 is 9.94 Å². The first kappa shape index (κ1) is 10.6. The van der Waals surface area contributed by atoms with Crippen LogP contribution in [0, 0.1) is 0 Å². The van der Waals surface area contributed by atoms with Crippen LogP contribution in [-0.2, 0) is 11.3 Å². The molecule has 1 aromatic rings. The van der Waals surface area contributed by atoms with Gasteiger partial charge in [0.15, 0.2) is 5.84 Å². The molecule has 0 radical (unpaired) electrons. The maximum absolute atomic E-state index is 8.53. The van der Waals surface area contributed by atoms with E-state index in [0.717, 1.165) is 18.7 Å². The fourth-order valence-corrected chi connectivity index (χ4v) is 1.27. The number of ether oxygens (including phenoxy) is 1. The summed E-state index contributed by atoms with van der Waals surface area (Å²) in [6.45, 7) is 1.50. The molecule has 0 unspecified atom stereocenters. The predicted molar refractivity (Wildman–Crippen MR) is 53.4 cm³/mol. The van der Waals surface area contributed by atoms with E-state index >= 15 is 0 Å². The molecule has 0 saturated heterocycles. The first-order valence-corrected chi connectivity index (χ1v) is 4.41. The smallest absolute Gasteiger partial charge is 0.186 e. The van der Waals surface area contributed by atoms with Crippen LogP contribution in [0.3, 0.4) is 0 Å². The zero-order valence-corrected chi connectivity index (χ0v) is 8.18. The molecule has 0 aliphatic rings. The van der Waals surface area contributed by atoms with E-state index < -0.39 is 0 Å². The normalized spacial score (nSPS) is 11.9. The van der Waals surface area contributed by atoms with Crippen LogP contribution in [0.1, 0.15) is 12.1 Å². The van der Waals surface area contributed by atoms with Crippen LogP contribution >= 0.6 is 0 Å². The molecule has 5 nitrogen and oxygen atoms in total. The minimum absolute atomic E-state index is 0.132. The van der Waals surface area contributed by atoms with Crippen LogP contribution in [0.4, 0.5) is 0 Å². The number of oxime groups is 1. The molecule has 1 aromatic heterocycles. The molecule has 0 fully saturated rings. The van der Waals surface area contributed by atoms with Gasteiger partial charge in [-0.05, 0) is 18.6 Å². The Labute approximate surface area is 82.8 Å². The lowest BCUT2D eigenvalue weighted by Gasteiger charge is -2.07. The van der Waals surface area contributed by atoms with Crippen molar-refractivity contribution >= 4 is 5.84 Å². The molecule has 0 atom stereocenters. The highest BCUT2D eigenvalue weighted by Crippen LogP contribution is 2.03. The van der Waals surface area contributed by atoms with Gasteiger partial charge < -0.3 is 20.2 Å². The first-order valence-electron chi connectivity index (χ1n) is 4.41. The Morgan fingerprint density at radius 3 is 3.14 bits per heavy atom. The molecule has 3 N–H and O–H groups in total. The standard InChI is InChI=1S/C9H15N3O2/c1-14-7-3-6-12-5-2-4-8(12)9(10)11-13/h2,4-5,13H,3,6-7H2,1H3,(H2,10,11). The number of amidine groups is 1. The van der Waals surface area contributed by atoms with Crippen LogP contribution in [-0.4, -0.2) is 29.3 Å². The molecule has 0 bridgehead atoms. The quantitative estimate of drug-likeness (QED) is 0.239. The van der Waals surface area contributed by atoms with Crippen molar-refractivity contribution in [2.45, 2.75) is 13.0 Å². The molecule has 0 spiro atoms. The third kappa shape index (κ3) is 2.50.